The third kappa shape index (κ3) is 2.18. The van der Waals surface area contributed by atoms with Gasteiger partial charge in [0.2, 0.25) is 0 Å². The molecule has 16 heavy (non-hydrogen) atoms. The number of halogens is 1. The Morgan fingerprint density at radius 1 is 1.44 bits per heavy atom. The number of aromatic nitrogens is 2. The van der Waals surface area contributed by atoms with Crippen LogP contribution in [0.15, 0.2) is 35.4 Å². The Balaban J connectivity index is 2.27. The Morgan fingerprint density at radius 2 is 2.19 bits per heavy atom. The molecule has 0 saturated heterocycles. The molecule has 0 spiro atoms. The van der Waals surface area contributed by atoms with E-state index in [1.165, 1.54) is 0 Å². The number of nitrogens with two attached hydrogens (primary N) is 1. The van der Waals surface area contributed by atoms with Gasteiger partial charge >= 0.3 is 0 Å². The van der Waals surface area contributed by atoms with Crippen molar-refractivity contribution in [1.29, 1.82) is 0 Å². The maximum absolute atomic E-state index is 6.08. The second kappa shape index (κ2) is 4.80. The van der Waals surface area contributed by atoms with E-state index in [-0.39, 0.29) is 0 Å². The summed E-state index contributed by atoms with van der Waals surface area (Å²) in [6.07, 6.45) is 3.75. The number of hydrogen-bond donors (Lipinski definition) is 1. The second-order valence-electron chi connectivity index (χ2n) is 3.35. The molecule has 0 bridgehead atoms. The van der Waals surface area contributed by atoms with E-state index in [9.17, 15) is 0 Å². The standard InChI is InChI=1S/C11H12ClN3S/c1-16-10-6-14-15(11(10)13)7-8-4-2-3-5-9(8)12/h2-6H,7,13H2,1H3. The normalized spacial score (nSPS) is 10.6. The number of nitrogen functional groups attached to an aromatic ring is 1. The van der Waals surface area contributed by atoms with Gasteiger partial charge in [0, 0.05) is 5.02 Å². The maximum atomic E-state index is 6.08. The third-order valence-electron chi connectivity index (χ3n) is 2.34. The smallest absolute Gasteiger partial charge is 0.135 e. The van der Waals surface area contributed by atoms with E-state index in [0.717, 1.165) is 15.5 Å². The summed E-state index contributed by atoms with van der Waals surface area (Å²) in [5.74, 6) is 0.687. The van der Waals surface area contributed by atoms with E-state index in [4.69, 9.17) is 17.3 Å². The molecule has 5 heteroatoms. The monoisotopic (exact) mass is 253 g/mol. The van der Waals surface area contributed by atoms with Crippen LogP contribution in [0.25, 0.3) is 0 Å². The molecule has 0 unspecified atom stereocenters. The molecule has 1 heterocycles. The van der Waals surface area contributed by atoms with Gasteiger partial charge in [-0.1, -0.05) is 29.8 Å². The van der Waals surface area contributed by atoms with E-state index in [1.807, 2.05) is 30.5 Å². The number of hydrogen-bond acceptors (Lipinski definition) is 3. The number of rotatable bonds is 3. The average molecular weight is 254 g/mol. The highest BCUT2D eigenvalue weighted by molar-refractivity contribution is 7.98. The molecule has 0 amide bonds. The average Bonchev–Trinajstić information content (AvgIpc) is 2.63. The highest BCUT2D eigenvalue weighted by Crippen LogP contribution is 2.24. The van der Waals surface area contributed by atoms with Crippen LogP contribution in [-0.2, 0) is 6.54 Å². The van der Waals surface area contributed by atoms with Crippen molar-refractivity contribution < 1.29 is 0 Å². The molecule has 84 valence electrons. The van der Waals surface area contributed by atoms with Crippen molar-refractivity contribution in [3.05, 3.63) is 41.0 Å². The molecule has 0 atom stereocenters. The summed E-state index contributed by atoms with van der Waals surface area (Å²) in [5, 5.41) is 4.97. The van der Waals surface area contributed by atoms with E-state index < -0.39 is 0 Å². The molecule has 1 aromatic heterocycles. The molecule has 2 N–H and O–H groups in total. The van der Waals surface area contributed by atoms with Crippen LogP contribution >= 0.6 is 23.4 Å². The van der Waals surface area contributed by atoms with Crippen LogP contribution in [-0.4, -0.2) is 16.0 Å². The minimum Gasteiger partial charge on any atom is -0.383 e. The van der Waals surface area contributed by atoms with Crippen LogP contribution in [0, 0.1) is 0 Å². The Labute approximate surface area is 104 Å². The summed E-state index contributed by atoms with van der Waals surface area (Å²) in [5.41, 5.74) is 6.97. The van der Waals surface area contributed by atoms with Crippen molar-refractivity contribution in [3.63, 3.8) is 0 Å². The maximum Gasteiger partial charge on any atom is 0.135 e. The van der Waals surface area contributed by atoms with E-state index in [0.29, 0.717) is 12.4 Å². The van der Waals surface area contributed by atoms with Crippen LogP contribution in [0.4, 0.5) is 5.82 Å². The van der Waals surface area contributed by atoms with Crippen LogP contribution in [0.2, 0.25) is 5.02 Å². The molecule has 0 saturated carbocycles. The lowest BCUT2D eigenvalue weighted by atomic mass is 10.2. The molecule has 0 aliphatic heterocycles. The third-order valence-corrected chi connectivity index (χ3v) is 3.47. The summed E-state index contributed by atoms with van der Waals surface area (Å²) in [4.78, 5) is 0.993. The lowest BCUT2D eigenvalue weighted by Crippen LogP contribution is -2.06. The Hall–Kier alpha value is -1.13. The van der Waals surface area contributed by atoms with Crippen molar-refractivity contribution in [2.24, 2.45) is 0 Å². The second-order valence-corrected chi connectivity index (χ2v) is 4.60. The van der Waals surface area contributed by atoms with Crippen molar-refractivity contribution in [3.8, 4) is 0 Å². The van der Waals surface area contributed by atoms with E-state index >= 15 is 0 Å². The summed E-state index contributed by atoms with van der Waals surface area (Å²) >= 11 is 7.67. The van der Waals surface area contributed by atoms with Gasteiger partial charge in [-0.3, -0.25) is 0 Å². The van der Waals surface area contributed by atoms with Crippen molar-refractivity contribution in [1.82, 2.24) is 9.78 Å². The molecule has 2 rings (SSSR count). The predicted octanol–water partition coefficient (Wildman–Crippen LogP) is 2.89. The topological polar surface area (TPSA) is 43.8 Å². The molecule has 0 aliphatic carbocycles. The zero-order chi connectivity index (χ0) is 11.5. The first kappa shape index (κ1) is 11.4. The zero-order valence-electron chi connectivity index (χ0n) is 8.85. The Bertz CT molecular complexity index is 496. The molecule has 2 aromatic rings. The van der Waals surface area contributed by atoms with Gasteiger partial charge in [0.15, 0.2) is 0 Å². The van der Waals surface area contributed by atoms with Gasteiger partial charge in [0.05, 0.1) is 17.6 Å². The fraction of sp³-hybridized carbons (Fsp3) is 0.182. The zero-order valence-corrected chi connectivity index (χ0v) is 10.4. The minimum atomic E-state index is 0.603. The number of nitrogens with zero attached hydrogens (tertiary/aromatic N) is 2. The SMILES string of the molecule is CSc1cnn(Cc2ccccc2Cl)c1N. The number of anilines is 1. The Morgan fingerprint density at radius 3 is 2.81 bits per heavy atom. The van der Waals surface area contributed by atoms with Gasteiger partial charge in [-0.15, -0.1) is 11.8 Å². The predicted molar refractivity (Wildman–Crippen MR) is 69.0 cm³/mol. The van der Waals surface area contributed by atoms with Crippen molar-refractivity contribution in [2.75, 3.05) is 12.0 Å². The van der Waals surface area contributed by atoms with Gasteiger partial charge in [-0.2, -0.15) is 5.10 Å². The first-order valence-corrected chi connectivity index (χ1v) is 6.41. The molecule has 0 radical (unpaired) electrons. The fourth-order valence-electron chi connectivity index (χ4n) is 1.45. The molecule has 0 aliphatic rings. The van der Waals surface area contributed by atoms with Crippen LogP contribution in [0.1, 0.15) is 5.56 Å². The largest absolute Gasteiger partial charge is 0.383 e. The van der Waals surface area contributed by atoms with Gasteiger partial charge in [0.1, 0.15) is 5.82 Å². The van der Waals surface area contributed by atoms with Gasteiger partial charge < -0.3 is 5.73 Å². The lowest BCUT2D eigenvalue weighted by molar-refractivity contribution is 0.697. The molecular weight excluding hydrogens is 242 g/mol. The van der Waals surface area contributed by atoms with Gasteiger partial charge in [0.25, 0.3) is 0 Å². The molecular formula is C11H12ClN3S. The fourth-order valence-corrected chi connectivity index (χ4v) is 2.11. The van der Waals surface area contributed by atoms with Crippen LogP contribution in [0.5, 0.6) is 0 Å². The van der Waals surface area contributed by atoms with Crippen LogP contribution in [0.3, 0.4) is 0 Å². The summed E-state index contributed by atoms with van der Waals surface area (Å²) < 4.78 is 1.76. The van der Waals surface area contributed by atoms with Gasteiger partial charge in [-0.25, -0.2) is 4.68 Å². The lowest BCUT2D eigenvalue weighted by Gasteiger charge is -2.06. The van der Waals surface area contributed by atoms with Gasteiger partial charge in [-0.05, 0) is 17.9 Å². The first-order valence-electron chi connectivity index (χ1n) is 4.81. The first-order chi connectivity index (χ1) is 7.72. The quantitative estimate of drug-likeness (QED) is 0.856. The summed E-state index contributed by atoms with van der Waals surface area (Å²) in [6.45, 7) is 0.603. The molecule has 0 fully saturated rings. The number of benzene rings is 1. The highest BCUT2D eigenvalue weighted by Gasteiger charge is 2.07. The van der Waals surface area contributed by atoms with Crippen molar-refractivity contribution in [2.45, 2.75) is 11.4 Å². The highest BCUT2D eigenvalue weighted by atomic mass is 35.5. The summed E-state index contributed by atoms with van der Waals surface area (Å²) in [6, 6.07) is 7.70. The number of thioether (sulfide) groups is 1. The summed E-state index contributed by atoms with van der Waals surface area (Å²) in [7, 11) is 0. The van der Waals surface area contributed by atoms with Crippen molar-refractivity contribution >= 4 is 29.2 Å². The Kier molecular flexibility index (Phi) is 3.41. The van der Waals surface area contributed by atoms with E-state index in [2.05, 4.69) is 5.10 Å². The molecule has 3 nitrogen and oxygen atoms in total. The van der Waals surface area contributed by atoms with E-state index in [1.54, 1.807) is 22.6 Å². The minimum absolute atomic E-state index is 0.603. The molecule has 1 aromatic carbocycles. The van der Waals surface area contributed by atoms with Crippen LogP contribution < -0.4 is 5.73 Å².